The van der Waals surface area contributed by atoms with Crippen LogP contribution >= 0.6 is 0 Å². The highest BCUT2D eigenvalue weighted by atomic mass is 16.5. The monoisotopic (exact) mass is 433 g/mol. The molecule has 1 aromatic rings. The lowest BCUT2D eigenvalue weighted by Gasteiger charge is -2.21. The van der Waals surface area contributed by atoms with Gasteiger partial charge in [-0.25, -0.2) is 0 Å². The summed E-state index contributed by atoms with van der Waals surface area (Å²) in [6.07, 6.45) is 8.17. The van der Waals surface area contributed by atoms with E-state index in [0.717, 1.165) is 88.1 Å². The predicted molar refractivity (Wildman–Crippen MR) is 123 cm³/mol. The third-order valence-corrected chi connectivity index (χ3v) is 5.99. The average molecular weight is 434 g/mol. The molecule has 0 atom stereocenters. The van der Waals surface area contributed by atoms with E-state index in [1.165, 1.54) is 12.8 Å². The number of aliphatic imine (C=N–C) groups is 1. The van der Waals surface area contributed by atoms with Gasteiger partial charge in [-0.1, -0.05) is 12.1 Å². The number of ether oxygens (including phenoxy) is 4. The van der Waals surface area contributed by atoms with Crippen LogP contribution in [0.25, 0.3) is 0 Å². The molecule has 3 rings (SSSR count). The van der Waals surface area contributed by atoms with Crippen LogP contribution in [0, 0.1) is 5.92 Å². The average Bonchev–Trinajstić information content (AvgIpc) is 3.32. The van der Waals surface area contributed by atoms with E-state index in [4.69, 9.17) is 18.9 Å². The van der Waals surface area contributed by atoms with Crippen LogP contribution in [0.5, 0.6) is 11.5 Å². The Hall–Kier alpha value is -1.99. The minimum absolute atomic E-state index is 0.286. The van der Waals surface area contributed by atoms with Crippen molar-refractivity contribution in [1.82, 2.24) is 10.6 Å². The first kappa shape index (κ1) is 23.7. The van der Waals surface area contributed by atoms with Crippen molar-refractivity contribution in [3.05, 3.63) is 23.8 Å². The Balaban J connectivity index is 1.39. The van der Waals surface area contributed by atoms with Gasteiger partial charge in [0.2, 0.25) is 0 Å². The van der Waals surface area contributed by atoms with Gasteiger partial charge in [0, 0.05) is 52.1 Å². The molecule has 2 fully saturated rings. The van der Waals surface area contributed by atoms with Gasteiger partial charge in [0.1, 0.15) is 0 Å². The quantitative estimate of drug-likeness (QED) is 0.316. The highest BCUT2D eigenvalue weighted by Gasteiger charge is 2.20. The maximum Gasteiger partial charge on any atom is 0.191 e. The summed E-state index contributed by atoms with van der Waals surface area (Å²) in [4.78, 5) is 4.34. The number of hydrogen-bond acceptors (Lipinski definition) is 5. The summed E-state index contributed by atoms with van der Waals surface area (Å²) in [6.45, 7) is 4.79. The van der Waals surface area contributed by atoms with Crippen LogP contribution in [0.4, 0.5) is 0 Å². The standard InChI is InChI=1S/C24H39N3O4/c1-25-24(26-13-6-14-30-18-19-11-15-29-16-12-19)27-17-20-7-5-10-22(28-2)23(20)31-21-8-3-4-9-21/h5,7,10,19,21H,3-4,6,8-9,11-18H2,1-2H3,(H2,25,26,27). The number of guanidine groups is 1. The van der Waals surface area contributed by atoms with E-state index in [0.29, 0.717) is 12.5 Å². The zero-order chi connectivity index (χ0) is 21.7. The van der Waals surface area contributed by atoms with Crippen LogP contribution in [0.2, 0.25) is 0 Å². The van der Waals surface area contributed by atoms with Crippen molar-refractivity contribution in [3.8, 4) is 11.5 Å². The second kappa shape index (κ2) is 13.4. The van der Waals surface area contributed by atoms with E-state index in [9.17, 15) is 0 Å². The fraction of sp³-hybridized carbons (Fsp3) is 0.708. The van der Waals surface area contributed by atoms with E-state index in [1.807, 2.05) is 12.1 Å². The molecule has 1 heterocycles. The van der Waals surface area contributed by atoms with Gasteiger partial charge in [-0.2, -0.15) is 0 Å². The molecule has 0 radical (unpaired) electrons. The topological polar surface area (TPSA) is 73.3 Å². The first-order chi connectivity index (χ1) is 15.3. The van der Waals surface area contributed by atoms with E-state index >= 15 is 0 Å². The molecule has 1 aliphatic carbocycles. The van der Waals surface area contributed by atoms with Crippen molar-refractivity contribution in [2.24, 2.45) is 10.9 Å². The van der Waals surface area contributed by atoms with E-state index in [2.05, 4.69) is 21.7 Å². The summed E-state index contributed by atoms with van der Waals surface area (Å²) >= 11 is 0. The van der Waals surface area contributed by atoms with Crippen molar-refractivity contribution in [2.75, 3.05) is 47.1 Å². The van der Waals surface area contributed by atoms with Gasteiger partial charge in [0.25, 0.3) is 0 Å². The lowest BCUT2D eigenvalue weighted by Crippen LogP contribution is -2.37. The highest BCUT2D eigenvalue weighted by molar-refractivity contribution is 5.79. The van der Waals surface area contributed by atoms with Crippen LogP contribution in [-0.2, 0) is 16.0 Å². The number of nitrogens with zero attached hydrogens (tertiary/aromatic N) is 1. The molecule has 0 aromatic heterocycles. The van der Waals surface area contributed by atoms with Crippen molar-refractivity contribution in [2.45, 2.75) is 57.6 Å². The molecule has 1 aromatic carbocycles. The van der Waals surface area contributed by atoms with E-state index in [1.54, 1.807) is 14.2 Å². The Bertz CT molecular complexity index is 671. The molecule has 174 valence electrons. The molecule has 0 amide bonds. The van der Waals surface area contributed by atoms with Crippen LogP contribution in [0.3, 0.4) is 0 Å². The molecule has 2 N–H and O–H groups in total. The maximum absolute atomic E-state index is 6.32. The van der Waals surface area contributed by atoms with Crippen molar-refractivity contribution in [1.29, 1.82) is 0 Å². The molecule has 0 spiro atoms. The fourth-order valence-corrected chi connectivity index (χ4v) is 4.11. The third-order valence-electron chi connectivity index (χ3n) is 5.99. The summed E-state index contributed by atoms with van der Waals surface area (Å²) in [6, 6.07) is 6.04. The number of para-hydroxylation sites is 1. The van der Waals surface area contributed by atoms with Gasteiger partial charge in [-0.3, -0.25) is 4.99 Å². The number of rotatable bonds is 11. The maximum atomic E-state index is 6.32. The highest BCUT2D eigenvalue weighted by Crippen LogP contribution is 2.34. The Morgan fingerprint density at radius 3 is 2.68 bits per heavy atom. The number of nitrogens with one attached hydrogen (secondary N) is 2. The van der Waals surface area contributed by atoms with Crippen LogP contribution in [0.1, 0.15) is 50.5 Å². The summed E-state index contributed by atoms with van der Waals surface area (Å²) in [7, 11) is 3.48. The van der Waals surface area contributed by atoms with Crippen LogP contribution in [0.15, 0.2) is 23.2 Å². The minimum atomic E-state index is 0.286. The Kier molecular flexibility index (Phi) is 10.3. The van der Waals surface area contributed by atoms with E-state index in [-0.39, 0.29) is 6.10 Å². The van der Waals surface area contributed by atoms with Crippen LogP contribution in [-0.4, -0.2) is 59.2 Å². The van der Waals surface area contributed by atoms with Gasteiger partial charge in [0.05, 0.1) is 13.2 Å². The molecule has 1 saturated carbocycles. The predicted octanol–water partition coefficient (Wildman–Crippen LogP) is 3.51. The lowest BCUT2D eigenvalue weighted by molar-refractivity contribution is 0.0203. The molecule has 31 heavy (non-hydrogen) atoms. The van der Waals surface area contributed by atoms with Gasteiger partial charge in [-0.15, -0.1) is 0 Å². The third kappa shape index (κ3) is 7.89. The zero-order valence-corrected chi connectivity index (χ0v) is 19.2. The molecule has 2 aliphatic rings. The van der Waals surface area contributed by atoms with Gasteiger partial charge in [0.15, 0.2) is 17.5 Å². The molecule has 0 unspecified atom stereocenters. The number of hydrogen-bond donors (Lipinski definition) is 2. The summed E-state index contributed by atoms with van der Waals surface area (Å²) in [5, 5.41) is 6.76. The molecule has 0 bridgehead atoms. The van der Waals surface area contributed by atoms with Gasteiger partial charge >= 0.3 is 0 Å². The summed E-state index contributed by atoms with van der Waals surface area (Å²) in [5.74, 6) is 3.07. The Morgan fingerprint density at radius 2 is 1.94 bits per heavy atom. The molecule has 7 nitrogen and oxygen atoms in total. The molecular weight excluding hydrogens is 394 g/mol. The smallest absolute Gasteiger partial charge is 0.191 e. The molecule has 1 saturated heterocycles. The number of benzene rings is 1. The van der Waals surface area contributed by atoms with Gasteiger partial charge < -0.3 is 29.6 Å². The normalized spacial score (nSPS) is 18.2. The van der Waals surface area contributed by atoms with Crippen molar-refractivity contribution in [3.63, 3.8) is 0 Å². The summed E-state index contributed by atoms with van der Waals surface area (Å²) in [5.41, 5.74) is 1.08. The second-order valence-corrected chi connectivity index (χ2v) is 8.31. The van der Waals surface area contributed by atoms with Crippen molar-refractivity contribution >= 4 is 5.96 Å². The van der Waals surface area contributed by atoms with E-state index < -0.39 is 0 Å². The first-order valence-electron chi connectivity index (χ1n) is 11.7. The number of methoxy groups -OCH3 is 1. The van der Waals surface area contributed by atoms with Crippen molar-refractivity contribution < 1.29 is 18.9 Å². The summed E-state index contributed by atoms with van der Waals surface area (Å²) < 4.78 is 23.1. The Labute approximate surface area is 186 Å². The largest absolute Gasteiger partial charge is 0.493 e. The van der Waals surface area contributed by atoms with Gasteiger partial charge in [-0.05, 0) is 56.9 Å². The second-order valence-electron chi connectivity index (χ2n) is 8.31. The zero-order valence-electron chi connectivity index (χ0n) is 19.2. The first-order valence-corrected chi connectivity index (χ1v) is 11.7. The molecule has 1 aliphatic heterocycles. The Morgan fingerprint density at radius 1 is 1.13 bits per heavy atom. The SMILES string of the molecule is CN=C(NCCCOCC1CCOCC1)NCc1cccc(OC)c1OC1CCCC1. The minimum Gasteiger partial charge on any atom is -0.493 e. The van der Waals surface area contributed by atoms with Crippen LogP contribution < -0.4 is 20.1 Å². The fourth-order valence-electron chi connectivity index (χ4n) is 4.11. The molecule has 7 heteroatoms. The molecular formula is C24H39N3O4. The lowest BCUT2D eigenvalue weighted by atomic mass is 10.0.